The molecule has 0 unspecified atom stereocenters. The minimum Gasteiger partial charge on any atom is -0.468 e. The van der Waals surface area contributed by atoms with Crippen molar-refractivity contribution in [3.8, 4) is 0 Å². The van der Waals surface area contributed by atoms with Gasteiger partial charge in [-0.05, 0) is 23.6 Å². The van der Waals surface area contributed by atoms with Crippen LogP contribution in [0.4, 0.5) is 13.2 Å². The van der Waals surface area contributed by atoms with Gasteiger partial charge >= 0.3 is 18.1 Å². The van der Waals surface area contributed by atoms with Crippen LogP contribution in [0.3, 0.4) is 0 Å². The summed E-state index contributed by atoms with van der Waals surface area (Å²) in [5.41, 5.74) is -0.0674. The monoisotopic (exact) mass is 406 g/mol. The molecule has 2 rings (SSSR count). The topological polar surface area (TPSA) is 52.6 Å². The molecule has 0 aromatic heterocycles. The molecule has 1 atom stereocenters. The van der Waals surface area contributed by atoms with E-state index in [0.717, 1.165) is 25.8 Å². The lowest BCUT2D eigenvalue weighted by molar-refractivity contribution is -0.160. The van der Waals surface area contributed by atoms with Crippen LogP contribution in [0.25, 0.3) is 6.08 Å². The van der Waals surface area contributed by atoms with Crippen molar-refractivity contribution in [2.45, 2.75) is 12.6 Å². The zero-order valence-electron chi connectivity index (χ0n) is 16.0. The summed E-state index contributed by atoms with van der Waals surface area (Å²) in [6.45, 7) is 0. The maximum Gasteiger partial charge on any atom is 0.416 e. The van der Waals surface area contributed by atoms with E-state index < -0.39 is 35.5 Å². The number of ether oxygens (including phenoxy) is 2. The van der Waals surface area contributed by atoms with Gasteiger partial charge in [-0.25, -0.2) is 0 Å². The fourth-order valence-corrected chi connectivity index (χ4v) is 3.02. The fourth-order valence-electron chi connectivity index (χ4n) is 3.02. The van der Waals surface area contributed by atoms with Crippen LogP contribution in [0.2, 0.25) is 0 Å². The molecule has 0 bridgehead atoms. The summed E-state index contributed by atoms with van der Waals surface area (Å²) in [5, 5.41) is 0. The van der Waals surface area contributed by atoms with Gasteiger partial charge in [0.2, 0.25) is 0 Å². The molecule has 0 saturated carbocycles. The first-order valence-electron chi connectivity index (χ1n) is 8.82. The third-order valence-electron chi connectivity index (χ3n) is 4.45. The molecule has 0 N–H and O–H groups in total. The Labute approximate surface area is 166 Å². The predicted octanol–water partition coefficient (Wildman–Crippen LogP) is 4.54. The number of allylic oxidation sites excluding steroid dienone is 1. The molecule has 0 aliphatic heterocycles. The lowest BCUT2D eigenvalue weighted by Gasteiger charge is -2.22. The van der Waals surface area contributed by atoms with E-state index in [1.165, 1.54) is 18.2 Å². The van der Waals surface area contributed by atoms with E-state index in [1.54, 1.807) is 36.4 Å². The minimum atomic E-state index is -4.56. The molecule has 0 spiro atoms. The zero-order chi connectivity index (χ0) is 21.4. The molecule has 29 heavy (non-hydrogen) atoms. The Bertz CT molecular complexity index is 844. The van der Waals surface area contributed by atoms with Crippen LogP contribution in [0.1, 0.15) is 16.7 Å². The molecule has 2 aromatic rings. The van der Waals surface area contributed by atoms with Crippen LogP contribution in [-0.4, -0.2) is 26.2 Å². The number of esters is 2. The van der Waals surface area contributed by atoms with E-state index in [4.69, 9.17) is 9.47 Å². The molecule has 0 saturated heterocycles. The first-order valence-corrected chi connectivity index (χ1v) is 8.82. The molecule has 2 aromatic carbocycles. The summed E-state index contributed by atoms with van der Waals surface area (Å²) < 4.78 is 49.6. The van der Waals surface area contributed by atoms with Gasteiger partial charge in [0, 0.05) is 5.92 Å². The van der Waals surface area contributed by atoms with Crippen molar-refractivity contribution in [1.29, 1.82) is 0 Å². The second kappa shape index (κ2) is 9.91. The summed E-state index contributed by atoms with van der Waals surface area (Å²) in [7, 11) is 2.22. The normalized spacial score (nSPS) is 12.8. The summed E-state index contributed by atoms with van der Waals surface area (Å²) >= 11 is 0. The highest BCUT2D eigenvalue weighted by molar-refractivity contribution is 5.95. The van der Waals surface area contributed by atoms with Crippen molar-refractivity contribution in [2.24, 2.45) is 11.8 Å². The molecule has 0 aliphatic rings. The van der Waals surface area contributed by atoms with Crippen molar-refractivity contribution in [2.75, 3.05) is 14.2 Å². The molecule has 0 radical (unpaired) electrons. The van der Waals surface area contributed by atoms with Crippen LogP contribution in [0.15, 0.2) is 60.7 Å². The third-order valence-corrected chi connectivity index (χ3v) is 4.45. The number of alkyl halides is 3. The summed E-state index contributed by atoms with van der Waals surface area (Å²) in [6, 6.07) is 14.1. The van der Waals surface area contributed by atoms with Crippen molar-refractivity contribution in [1.82, 2.24) is 0 Å². The highest BCUT2D eigenvalue weighted by Gasteiger charge is 2.38. The van der Waals surface area contributed by atoms with Crippen LogP contribution in [-0.2, 0) is 31.7 Å². The lowest BCUT2D eigenvalue weighted by Crippen LogP contribution is -2.34. The van der Waals surface area contributed by atoms with Gasteiger partial charge in [-0.1, -0.05) is 60.7 Å². The number of hydrogen-bond acceptors (Lipinski definition) is 4. The first kappa shape index (κ1) is 22.2. The van der Waals surface area contributed by atoms with Gasteiger partial charge in [0.15, 0.2) is 5.92 Å². The van der Waals surface area contributed by atoms with Crippen LogP contribution in [0, 0.1) is 11.8 Å². The molecule has 4 nitrogen and oxygen atoms in total. The third kappa shape index (κ3) is 5.94. The number of hydrogen-bond donors (Lipinski definition) is 0. The molecular formula is C22H21F3O4. The summed E-state index contributed by atoms with van der Waals surface area (Å²) in [5.74, 6) is -4.04. The number of halogens is 3. The highest BCUT2D eigenvalue weighted by Crippen LogP contribution is 2.34. The van der Waals surface area contributed by atoms with E-state index >= 15 is 0 Å². The molecule has 0 heterocycles. The highest BCUT2D eigenvalue weighted by atomic mass is 19.4. The van der Waals surface area contributed by atoms with Crippen molar-refractivity contribution < 1.29 is 32.2 Å². The number of carbonyl (C=O) groups excluding carboxylic acids is 2. The Morgan fingerprint density at radius 3 is 2.03 bits per heavy atom. The van der Waals surface area contributed by atoms with Crippen molar-refractivity contribution >= 4 is 18.0 Å². The molecule has 0 fully saturated rings. The molecular weight excluding hydrogens is 385 g/mol. The quantitative estimate of drug-likeness (QED) is 0.500. The number of carbonyl (C=O) groups is 2. The van der Waals surface area contributed by atoms with Crippen LogP contribution in [0.5, 0.6) is 0 Å². The van der Waals surface area contributed by atoms with Gasteiger partial charge in [-0.3, -0.25) is 9.59 Å². The maximum atomic E-state index is 13.4. The van der Waals surface area contributed by atoms with Crippen molar-refractivity contribution in [3.63, 3.8) is 0 Å². The summed E-state index contributed by atoms with van der Waals surface area (Å²) in [6.07, 6.45) is -1.56. The number of rotatable bonds is 7. The standard InChI is InChI=1S/C22H21F3O4/c1-28-20(26)19(21(27)29-2)17(13-12-15-8-4-3-5-9-15)14-16-10-6-7-11-18(16)22(23,24)25/h3-13,17,19H,14H2,1-2H3/b13-12+/t17-/m0/s1. The average Bonchev–Trinajstić information content (AvgIpc) is 2.72. The smallest absolute Gasteiger partial charge is 0.416 e. The van der Waals surface area contributed by atoms with Crippen molar-refractivity contribution in [3.05, 3.63) is 77.4 Å². The van der Waals surface area contributed by atoms with Gasteiger partial charge < -0.3 is 9.47 Å². The van der Waals surface area contributed by atoms with Gasteiger partial charge in [-0.15, -0.1) is 0 Å². The Morgan fingerprint density at radius 2 is 1.48 bits per heavy atom. The van der Waals surface area contributed by atoms with Gasteiger partial charge in [0.05, 0.1) is 19.8 Å². The number of methoxy groups -OCH3 is 2. The Kier molecular flexibility index (Phi) is 7.59. The van der Waals surface area contributed by atoms with E-state index in [1.807, 2.05) is 6.07 Å². The first-order chi connectivity index (χ1) is 13.8. The van der Waals surface area contributed by atoms with E-state index in [2.05, 4.69) is 0 Å². The minimum absolute atomic E-state index is 0.0273. The SMILES string of the molecule is COC(=O)C(C(=O)OC)[C@@H](/C=C/c1ccccc1)Cc1ccccc1C(F)(F)F. The predicted molar refractivity (Wildman–Crippen MR) is 102 cm³/mol. The lowest BCUT2D eigenvalue weighted by atomic mass is 9.84. The second-order valence-electron chi connectivity index (χ2n) is 6.32. The Hall–Kier alpha value is -3.09. The van der Waals surface area contributed by atoms with Gasteiger partial charge in [-0.2, -0.15) is 13.2 Å². The Morgan fingerprint density at radius 1 is 0.931 bits per heavy atom. The van der Waals surface area contributed by atoms with E-state index in [-0.39, 0.29) is 12.0 Å². The van der Waals surface area contributed by atoms with E-state index in [9.17, 15) is 22.8 Å². The maximum absolute atomic E-state index is 13.4. The number of benzene rings is 2. The van der Waals surface area contributed by atoms with Crippen LogP contribution >= 0.6 is 0 Å². The van der Waals surface area contributed by atoms with Gasteiger partial charge in [0.1, 0.15) is 0 Å². The van der Waals surface area contributed by atoms with Gasteiger partial charge in [0.25, 0.3) is 0 Å². The largest absolute Gasteiger partial charge is 0.468 e. The van der Waals surface area contributed by atoms with Crippen LogP contribution < -0.4 is 0 Å². The average molecular weight is 406 g/mol. The molecule has 154 valence electrons. The second-order valence-corrected chi connectivity index (χ2v) is 6.32. The molecule has 0 aliphatic carbocycles. The summed E-state index contributed by atoms with van der Waals surface area (Å²) in [4.78, 5) is 24.5. The Balaban J connectivity index is 2.48. The fraction of sp³-hybridized carbons (Fsp3) is 0.273. The van der Waals surface area contributed by atoms with E-state index in [0.29, 0.717) is 0 Å². The molecule has 7 heteroatoms. The zero-order valence-corrected chi connectivity index (χ0v) is 16.0. The molecule has 0 amide bonds.